The van der Waals surface area contributed by atoms with Gasteiger partial charge in [-0.2, -0.15) is 0 Å². The Morgan fingerprint density at radius 1 is 1.29 bits per heavy atom. The van der Waals surface area contributed by atoms with Gasteiger partial charge >= 0.3 is 0 Å². The van der Waals surface area contributed by atoms with E-state index in [1.165, 1.54) is 5.56 Å². The van der Waals surface area contributed by atoms with Gasteiger partial charge in [-0.25, -0.2) is 0 Å². The lowest BCUT2D eigenvalue weighted by Crippen LogP contribution is -2.04. The van der Waals surface area contributed by atoms with Crippen LogP contribution < -0.4 is 11.1 Å². The average molecular weight is 230 g/mol. The molecule has 0 aliphatic carbocycles. The summed E-state index contributed by atoms with van der Waals surface area (Å²) in [4.78, 5) is 0. The van der Waals surface area contributed by atoms with Crippen molar-refractivity contribution < 1.29 is 0 Å². The van der Waals surface area contributed by atoms with Gasteiger partial charge < -0.3 is 11.1 Å². The Morgan fingerprint density at radius 2 is 1.94 bits per heavy atom. The third-order valence-corrected chi connectivity index (χ3v) is 1.84. The van der Waals surface area contributed by atoms with Crippen LogP contribution in [0.1, 0.15) is 12.5 Å². The maximum Gasteiger partial charge on any atom is 0.0240 e. The lowest BCUT2D eigenvalue weighted by Gasteiger charge is -1.95. The monoisotopic (exact) mass is 230 g/mol. The van der Waals surface area contributed by atoms with Crippen molar-refractivity contribution in [1.82, 2.24) is 5.32 Å². The fraction of sp³-hybridized carbons (Fsp3) is 0.200. The molecule has 0 saturated carbocycles. The first kappa shape index (κ1) is 15.2. The summed E-state index contributed by atoms with van der Waals surface area (Å²) in [7, 11) is 1.95. The predicted octanol–water partition coefficient (Wildman–Crippen LogP) is 3.00. The van der Waals surface area contributed by atoms with Crippen molar-refractivity contribution in [3.63, 3.8) is 0 Å². The predicted molar refractivity (Wildman–Crippen MR) is 76.5 cm³/mol. The van der Waals surface area contributed by atoms with Crippen LogP contribution in [-0.4, -0.2) is 7.05 Å². The molecular formula is C15H22N2. The van der Waals surface area contributed by atoms with Gasteiger partial charge in [-0.3, -0.25) is 0 Å². The number of hydrogen-bond acceptors (Lipinski definition) is 2. The summed E-state index contributed by atoms with van der Waals surface area (Å²) in [6.45, 7) is 6.39. The number of rotatable bonds is 4. The average Bonchev–Trinajstić information content (AvgIpc) is 2.32. The fourth-order valence-corrected chi connectivity index (χ4v) is 1.09. The van der Waals surface area contributed by atoms with E-state index in [2.05, 4.69) is 24.0 Å². The van der Waals surface area contributed by atoms with Gasteiger partial charge in [0.2, 0.25) is 0 Å². The smallest absolute Gasteiger partial charge is 0.0240 e. The van der Waals surface area contributed by atoms with Crippen molar-refractivity contribution in [2.24, 2.45) is 5.73 Å². The molecular weight excluding hydrogens is 208 g/mol. The molecule has 1 aromatic rings. The Balaban J connectivity index is 0.000000304. The maximum atomic E-state index is 5.22. The zero-order valence-corrected chi connectivity index (χ0v) is 10.7. The molecule has 0 aromatic heterocycles. The molecule has 3 N–H and O–H groups in total. The molecule has 2 heteroatoms. The highest BCUT2D eigenvalue weighted by Crippen LogP contribution is 1.95. The summed E-state index contributed by atoms with van der Waals surface area (Å²) < 4.78 is 0. The van der Waals surface area contributed by atoms with Crippen molar-refractivity contribution in [2.75, 3.05) is 7.05 Å². The van der Waals surface area contributed by atoms with Crippen molar-refractivity contribution >= 4 is 0 Å². The highest BCUT2D eigenvalue weighted by molar-refractivity contribution is 5.15. The Morgan fingerprint density at radius 3 is 2.41 bits per heavy atom. The Kier molecular flexibility index (Phi) is 9.58. The Labute approximate surface area is 105 Å². The van der Waals surface area contributed by atoms with Gasteiger partial charge in [-0.15, -0.1) is 0 Å². The van der Waals surface area contributed by atoms with Crippen molar-refractivity contribution in [3.8, 4) is 0 Å². The normalized spacial score (nSPS) is 10.2. The van der Waals surface area contributed by atoms with Gasteiger partial charge in [0.15, 0.2) is 0 Å². The topological polar surface area (TPSA) is 38.0 Å². The van der Waals surface area contributed by atoms with E-state index < -0.39 is 0 Å². The third-order valence-electron chi connectivity index (χ3n) is 1.84. The fourth-order valence-electron chi connectivity index (χ4n) is 1.09. The summed E-state index contributed by atoms with van der Waals surface area (Å²) in [5.74, 6) is 0. The molecule has 0 radical (unpaired) electrons. The van der Waals surface area contributed by atoms with Crippen LogP contribution in [0.2, 0.25) is 0 Å². The number of benzene rings is 1. The zero-order chi connectivity index (χ0) is 12.9. The van der Waals surface area contributed by atoms with Crippen molar-refractivity contribution in [2.45, 2.75) is 13.5 Å². The van der Waals surface area contributed by atoms with E-state index in [0.717, 1.165) is 6.54 Å². The van der Waals surface area contributed by atoms with Crippen LogP contribution in [0, 0.1) is 0 Å². The molecule has 0 unspecified atom stereocenters. The summed E-state index contributed by atoms with van der Waals surface area (Å²) >= 11 is 0. The molecule has 0 bridgehead atoms. The van der Waals surface area contributed by atoms with Gasteiger partial charge in [0.1, 0.15) is 0 Å². The zero-order valence-electron chi connectivity index (χ0n) is 10.7. The molecule has 17 heavy (non-hydrogen) atoms. The van der Waals surface area contributed by atoms with Crippen molar-refractivity contribution in [1.29, 1.82) is 0 Å². The molecule has 0 aliphatic rings. The lowest BCUT2D eigenvalue weighted by molar-refractivity contribution is 0.818. The van der Waals surface area contributed by atoms with Gasteiger partial charge in [0, 0.05) is 12.2 Å². The first-order chi connectivity index (χ1) is 8.20. The summed E-state index contributed by atoms with van der Waals surface area (Å²) in [6, 6.07) is 10.3. The van der Waals surface area contributed by atoms with E-state index in [-0.39, 0.29) is 0 Å². The minimum Gasteiger partial charge on any atom is -0.399 e. The molecule has 0 aliphatic heterocycles. The molecule has 0 saturated heterocycles. The first-order valence-corrected chi connectivity index (χ1v) is 5.63. The summed E-state index contributed by atoms with van der Waals surface area (Å²) in [6.07, 6.45) is 7.43. The molecule has 2 nitrogen and oxygen atoms in total. The van der Waals surface area contributed by atoms with E-state index in [0.29, 0.717) is 5.70 Å². The minimum absolute atomic E-state index is 0.586. The molecule has 92 valence electrons. The lowest BCUT2D eigenvalue weighted by atomic mass is 10.2. The maximum absolute atomic E-state index is 5.22. The van der Waals surface area contributed by atoms with E-state index in [4.69, 9.17) is 5.73 Å². The van der Waals surface area contributed by atoms with E-state index in [1.807, 2.05) is 50.4 Å². The second kappa shape index (κ2) is 10.7. The summed E-state index contributed by atoms with van der Waals surface area (Å²) in [5, 5.41) is 3.08. The van der Waals surface area contributed by atoms with E-state index >= 15 is 0 Å². The first-order valence-electron chi connectivity index (χ1n) is 5.63. The minimum atomic E-state index is 0.586. The number of allylic oxidation sites excluding steroid dienone is 4. The molecule has 0 amide bonds. The highest BCUT2D eigenvalue weighted by atomic mass is 14.8. The van der Waals surface area contributed by atoms with Gasteiger partial charge in [-0.1, -0.05) is 55.1 Å². The van der Waals surface area contributed by atoms with Crippen LogP contribution in [0.5, 0.6) is 0 Å². The second-order valence-electron chi connectivity index (χ2n) is 3.48. The van der Waals surface area contributed by atoms with Crippen LogP contribution >= 0.6 is 0 Å². The molecule has 0 fully saturated rings. The Bertz CT molecular complexity index is 350. The Hall–Kier alpha value is -1.80. The number of hydrogen-bond donors (Lipinski definition) is 2. The standard InChI is InChI=1S/C8H11N.C7H11N/c1-9-7-8-5-3-2-4-6-8;1-3-4-5-6-7(2)8/h2-6,9H,7H2,1H3;3-6H,2,8H2,1H3/b;4-3-,6-5-. The van der Waals surface area contributed by atoms with Gasteiger partial charge in [0.25, 0.3) is 0 Å². The molecule has 1 rings (SSSR count). The number of nitrogens with one attached hydrogen (secondary N) is 1. The van der Waals surface area contributed by atoms with Gasteiger partial charge in [-0.05, 0) is 25.6 Å². The summed E-state index contributed by atoms with van der Waals surface area (Å²) in [5.41, 5.74) is 7.14. The third kappa shape index (κ3) is 10.5. The quantitative estimate of drug-likeness (QED) is 0.780. The van der Waals surface area contributed by atoms with Crippen LogP contribution in [0.3, 0.4) is 0 Å². The molecule has 0 heterocycles. The van der Waals surface area contributed by atoms with Crippen LogP contribution in [0.4, 0.5) is 0 Å². The second-order valence-corrected chi connectivity index (χ2v) is 3.48. The van der Waals surface area contributed by atoms with Crippen LogP contribution in [0.15, 0.2) is 66.9 Å². The van der Waals surface area contributed by atoms with E-state index in [1.54, 1.807) is 6.08 Å². The van der Waals surface area contributed by atoms with E-state index in [9.17, 15) is 0 Å². The number of nitrogens with two attached hydrogens (primary N) is 1. The highest BCUT2D eigenvalue weighted by Gasteiger charge is 1.83. The van der Waals surface area contributed by atoms with Crippen LogP contribution in [0.25, 0.3) is 0 Å². The molecule has 1 aromatic carbocycles. The molecule has 0 atom stereocenters. The molecule has 0 spiro atoms. The van der Waals surface area contributed by atoms with Gasteiger partial charge in [0.05, 0.1) is 0 Å². The van der Waals surface area contributed by atoms with Crippen molar-refractivity contribution in [3.05, 3.63) is 72.5 Å². The largest absolute Gasteiger partial charge is 0.399 e. The SMILES string of the molecule is C=C(N)/C=C\C=C/C.CNCc1ccccc1. The van der Waals surface area contributed by atoms with Crippen LogP contribution in [-0.2, 0) is 6.54 Å².